The Bertz CT molecular complexity index is 391. The molecule has 0 aliphatic rings. The van der Waals surface area contributed by atoms with E-state index in [0.717, 1.165) is 0 Å². The van der Waals surface area contributed by atoms with Gasteiger partial charge in [-0.2, -0.15) is 13.2 Å². The number of halogens is 3. The SMILES string of the molecule is C=C[C](C)c1cccc(CCC)c1C(F)(F)F. The Hall–Kier alpha value is -1.25. The molecule has 0 bridgehead atoms. The van der Waals surface area contributed by atoms with Crippen molar-refractivity contribution >= 4 is 0 Å². The van der Waals surface area contributed by atoms with Crippen LogP contribution < -0.4 is 0 Å². The number of benzene rings is 1. The van der Waals surface area contributed by atoms with Crippen molar-refractivity contribution in [3.8, 4) is 0 Å². The van der Waals surface area contributed by atoms with Gasteiger partial charge in [0.15, 0.2) is 0 Å². The van der Waals surface area contributed by atoms with Gasteiger partial charge in [0.25, 0.3) is 0 Å². The van der Waals surface area contributed by atoms with Crippen LogP contribution in [-0.4, -0.2) is 0 Å². The number of rotatable bonds is 4. The second kappa shape index (κ2) is 5.39. The maximum absolute atomic E-state index is 13.1. The Kier molecular flexibility index (Phi) is 4.38. The summed E-state index contributed by atoms with van der Waals surface area (Å²) in [5, 5.41) is 0. The van der Waals surface area contributed by atoms with Crippen molar-refractivity contribution in [3.63, 3.8) is 0 Å². The number of hydrogen-bond acceptors (Lipinski definition) is 0. The molecule has 0 saturated heterocycles. The molecule has 1 aromatic carbocycles. The highest BCUT2D eigenvalue weighted by Crippen LogP contribution is 2.38. The molecule has 17 heavy (non-hydrogen) atoms. The molecule has 0 atom stereocenters. The Morgan fingerprint density at radius 2 is 2.00 bits per heavy atom. The molecule has 0 amide bonds. The van der Waals surface area contributed by atoms with Gasteiger partial charge in [-0.3, -0.25) is 0 Å². The first kappa shape index (κ1) is 13.8. The maximum Gasteiger partial charge on any atom is 0.416 e. The number of hydrogen-bond donors (Lipinski definition) is 0. The summed E-state index contributed by atoms with van der Waals surface area (Å²) in [6, 6.07) is 4.72. The van der Waals surface area contributed by atoms with E-state index in [1.165, 1.54) is 12.1 Å². The third-order valence-electron chi connectivity index (χ3n) is 2.68. The minimum Gasteiger partial charge on any atom is -0.166 e. The standard InChI is InChI=1S/C14H16F3/c1-4-7-11-8-6-9-12(10(3)5-2)13(11)14(15,16)17/h5-6,8-9H,2,4,7H2,1,3H3. The second-order valence-corrected chi connectivity index (χ2v) is 3.97. The van der Waals surface area contributed by atoms with Crippen molar-refractivity contribution < 1.29 is 13.2 Å². The third kappa shape index (κ3) is 3.11. The molecule has 0 aromatic heterocycles. The molecule has 93 valence electrons. The van der Waals surface area contributed by atoms with Gasteiger partial charge in [-0.1, -0.05) is 44.5 Å². The quantitative estimate of drug-likeness (QED) is 0.711. The van der Waals surface area contributed by atoms with Gasteiger partial charge in [0.2, 0.25) is 0 Å². The van der Waals surface area contributed by atoms with Crippen LogP contribution in [0.3, 0.4) is 0 Å². The summed E-state index contributed by atoms with van der Waals surface area (Å²) in [5.74, 6) is 0.551. The van der Waals surface area contributed by atoms with Gasteiger partial charge in [-0.25, -0.2) is 0 Å². The summed E-state index contributed by atoms with van der Waals surface area (Å²) < 4.78 is 39.2. The average molecular weight is 241 g/mol. The Labute approximate surface area is 100 Å². The van der Waals surface area contributed by atoms with E-state index in [9.17, 15) is 13.2 Å². The monoisotopic (exact) mass is 241 g/mol. The summed E-state index contributed by atoms with van der Waals surface area (Å²) in [5.41, 5.74) is 0.0800. The normalized spacial score (nSPS) is 11.9. The van der Waals surface area contributed by atoms with Crippen LogP contribution in [0.15, 0.2) is 30.9 Å². The smallest absolute Gasteiger partial charge is 0.166 e. The average Bonchev–Trinajstić information content (AvgIpc) is 2.26. The highest BCUT2D eigenvalue weighted by molar-refractivity contribution is 5.47. The van der Waals surface area contributed by atoms with Crippen molar-refractivity contribution in [1.82, 2.24) is 0 Å². The van der Waals surface area contributed by atoms with E-state index < -0.39 is 11.7 Å². The minimum atomic E-state index is -4.31. The highest BCUT2D eigenvalue weighted by Gasteiger charge is 2.36. The summed E-state index contributed by atoms with van der Waals surface area (Å²) in [7, 11) is 0. The maximum atomic E-state index is 13.1. The van der Waals surface area contributed by atoms with E-state index in [1.54, 1.807) is 19.1 Å². The van der Waals surface area contributed by atoms with Crippen LogP contribution in [0.1, 0.15) is 37.0 Å². The summed E-state index contributed by atoms with van der Waals surface area (Å²) in [4.78, 5) is 0. The van der Waals surface area contributed by atoms with Gasteiger partial charge >= 0.3 is 6.18 Å². The zero-order valence-electron chi connectivity index (χ0n) is 10.1. The molecule has 0 saturated carbocycles. The molecular formula is C14H16F3. The molecule has 3 heteroatoms. The third-order valence-corrected chi connectivity index (χ3v) is 2.68. The first-order valence-corrected chi connectivity index (χ1v) is 5.57. The second-order valence-electron chi connectivity index (χ2n) is 3.97. The molecule has 1 aromatic rings. The molecule has 0 unspecified atom stereocenters. The molecule has 0 N–H and O–H groups in total. The van der Waals surface area contributed by atoms with Crippen LogP contribution in [0, 0.1) is 5.92 Å². The first-order valence-electron chi connectivity index (χ1n) is 5.57. The molecule has 0 heterocycles. The Morgan fingerprint density at radius 1 is 1.35 bits per heavy atom. The zero-order chi connectivity index (χ0) is 13.1. The Morgan fingerprint density at radius 3 is 2.47 bits per heavy atom. The van der Waals surface area contributed by atoms with Crippen molar-refractivity contribution in [2.75, 3.05) is 0 Å². The number of aryl methyl sites for hydroxylation is 1. The van der Waals surface area contributed by atoms with Crippen LogP contribution in [-0.2, 0) is 12.6 Å². The fourth-order valence-corrected chi connectivity index (χ4v) is 1.85. The van der Waals surface area contributed by atoms with Crippen LogP contribution in [0.4, 0.5) is 13.2 Å². The first-order chi connectivity index (χ1) is 7.91. The molecule has 1 radical (unpaired) electrons. The van der Waals surface area contributed by atoms with Crippen LogP contribution in [0.5, 0.6) is 0 Å². The van der Waals surface area contributed by atoms with Gasteiger partial charge in [0.05, 0.1) is 5.56 Å². The molecule has 0 aliphatic carbocycles. The summed E-state index contributed by atoms with van der Waals surface area (Å²) in [6.07, 6.45) is -1.72. The van der Waals surface area contributed by atoms with Gasteiger partial charge in [0.1, 0.15) is 0 Å². The van der Waals surface area contributed by atoms with E-state index in [1.807, 2.05) is 6.92 Å². The zero-order valence-corrected chi connectivity index (χ0v) is 10.1. The molecule has 0 nitrogen and oxygen atoms in total. The van der Waals surface area contributed by atoms with Crippen molar-refractivity contribution in [1.29, 1.82) is 0 Å². The van der Waals surface area contributed by atoms with Crippen LogP contribution in [0.2, 0.25) is 0 Å². The largest absolute Gasteiger partial charge is 0.416 e. The van der Waals surface area contributed by atoms with Gasteiger partial charge in [0, 0.05) is 5.92 Å². The van der Waals surface area contributed by atoms with Gasteiger partial charge in [-0.05, 0) is 17.5 Å². The fraction of sp³-hybridized carbons (Fsp3) is 0.357. The van der Waals surface area contributed by atoms with Crippen LogP contribution >= 0.6 is 0 Å². The molecule has 0 spiro atoms. The summed E-state index contributed by atoms with van der Waals surface area (Å²) in [6.45, 7) is 7.05. The lowest BCUT2D eigenvalue weighted by molar-refractivity contribution is -0.138. The van der Waals surface area contributed by atoms with E-state index in [0.29, 0.717) is 24.3 Å². The molecule has 1 rings (SSSR count). The lowest BCUT2D eigenvalue weighted by atomic mass is 9.90. The Balaban J connectivity index is 3.39. The van der Waals surface area contributed by atoms with E-state index in [-0.39, 0.29) is 5.56 Å². The van der Waals surface area contributed by atoms with Gasteiger partial charge < -0.3 is 0 Å². The number of allylic oxidation sites excluding steroid dienone is 1. The predicted octanol–water partition coefficient (Wildman–Crippen LogP) is 4.79. The van der Waals surface area contributed by atoms with Crippen molar-refractivity contribution in [2.45, 2.75) is 32.9 Å². The van der Waals surface area contributed by atoms with Crippen molar-refractivity contribution in [3.05, 3.63) is 53.5 Å². The fourth-order valence-electron chi connectivity index (χ4n) is 1.85. The molecular weight excluding hydrogens is 225 g/mol. The molecule has 0 aliphatic heterocycles. The minimum absolute atomic E-state index is 0.235. The van der Waals surface area contributed by atoms with E-state index in [4.69, 9.17) is 0 Å². The van der Waals surface area contributed by atoms with Crippen LogP contribution in [0.25, 0.3) is 0 Å². The predicted molar refractivity (Wildman–Crippen MR) is 63.7 cm³/mol. The van der Waals surface area contributed by atoms with E-state index >= 15 is 0 Å². The number of alkyl halides is 3. The summed E-state index contributed by atoms with van der Waals surface area (Å²) >= 11 is 0. The van der Waals surface area contributed by atoms with Crippen molar-refractivity contribution in [2.24, 2.45) is 0 Å². The lowest BCUT2D eigenvalue weighted by Crippen LogP contribution is -2.14. The highest BCUT2D eigenvalue weighted by atomic mass is 19.4. The van der Waals surface area contributed by atoms with Gasteiger partial charge in [-0.15, -0.1) is 6.58 Å². The lowest BCUT2D eigenvalue weighted by Gasteiger charge is -2.19. The molecule has 0 fully saturated rings. The topological polar surface area (TPSA) is 0 Å². The van der Waals surface area contributed by atoms with E-state index in [2.05, 4.69) is 6.58 Å².